The van der Waals surface area contributed by atoms with Crippen LogP contribution in [0.1, 0.15) is 21.6 Å². The minimum Gasteiger partial charge on any atom is -0.465 e. The molecular formula is C24H22N6O4. The number of ether oxygens (including phenoxy) is 1. The summed E-state index contributed by atoms with van der Waals surface area (Å²) in [7, 11) is 3.20. The van der Waals surface area contributed by atoms with Gasteiger partial charge in [-0.3, -0.25) is 4.68 Å². The van der Waals surface area contributed by atoms with Crippen molar-refractivity contribution in [3.05, 3.63) is 71.4 Å². The Bertz CT molecular complexity index is 1340. The highest BCUT2D eigenvalue weighted by atomic mass is 16.5. The number of fused-ring (bicyclic) bond motifs is 1. The number of carbonyl (C=O) groups is 2. The summed E-state index contributed by atoms with van der Waals surface area (Å²) in [6.45, 7) is 0.894. The van der Waals surface area contributed by atoms with Crippen LogP contribution in [0.3, 0.4) is 0 Å². The Labute approximate surface area is 195 Å². The number of hydrogen-bond acceptors (Lipinski definition) is 7. The van der Waals surface area contributed by atoms with Crippen molar-refractivity contribution in [2.24, 2.45) is 7.05 Å². The van der Waals surface area contributed by atoms with Crippen LogP contribution in [0.4, 0.5) is 10.5 Å². The van der Waals surface area contributed by atoms with E-state index in [1.54, 1.807) is 33.8 Å². The molecule has 0 aliphatic carbocycles. The molecule has 0 bridgehead atoms. The number of carbonyl (C=O) groups excluding carboxylic acids is 2. The van der Waals surface area contributed by atoms with E-state index in [0.717, 1.165) is 16.8 Å². The highest BCUT2D eigenvalue weighted by molar-refractivity contribution is 5.92. The van der Waals surface area contributed by atoms with Crippen LogP contribution in [0.25, 0.3) is 23.0 Å². The summed E-state index contributed by atoms with van der Waals surface area (Å²) in [6.07, 6.45) is 0.646. The van der Waals surface area contributed by atoms with E-state index in [1.807, 2.05) is 37.4 Å². The zero-order valence-corrected chi connectivity index (χ0v) is 18.7. The summed E-state index contributed by atoms with van der Waals surface area (Å²) in [4.78, 5) is 26.2. The molecule has 2 aromatic carbocycles. The minimum atomic E-state index is -0.429. The van der Waals surface area contributed by atoms with Gasteiger partial charge in [0.1, 0.15) is 0 Å². The number of benzene rings is 2. The molecule has 3 heterocycles. The van der Waals surface area contributed by atoms with E-state index in [9.17, 15) is 9.59 Å². The van der Waals surface area contributed by atoms with Gasteiger partial charge in [0.25, 0.3) is 5.89 Å². The number of anilines is 1. The van der Waals surface area contributed by atoms with Crippen LogP contribution in [-0.2, 0) is 24.8 Å². The van der Waals surface area contributed by atoms with E-state index in [1.165, 1.54) is 7.11 Å². The lowest BCUT2D eigenvalue weighted by atomic mass is 10.1. The normalized spacial score (nSPS) is 12.8. The first-order chi connectivity index (χ1) is 16.5. The summed E-state index contributed by atoms with van der Waals surface area (Å²) in [5.41, 5.74) is 4.31. The lowest BCUT2D eigenvalue weighted by Crippen LogP contribution is -2.39. The van der Waals surface area contributed by atoms with Gasteiger partial charge in [-0.15, -0.1) is 10.2 Å². The molecule has 0 atom stereocenters. The van der Waals surface area contributed by atoms with Crippen LogP contribution in [0.15, 0.2) is 59.0 Å². The molecule has 0 saturated carbocycles. The molecule has 2 amide bonds. The molecule has 2 aromatic heterocycles. The molecule has 0 spiro atoms. The van der Waals surface area contributed by atoms with Gasteiger partial charge in [-0.2, -0.15) is 5.10 Å². The molecule has 10 nitrogen and oxygen atoms in total. The van der Waals surface area contributed by atoms with E-state index in [-0.39, 0.29) is 6.03 Å². The van der Waals surface area contributed by atoms with Crippen molar-refractivity contribution in [3.8, 4) is 23.0 Å². The summed E-state index contributed by atoms with van der Waals surface area (Å²) in [5, 5.41) is 15.8. The molecule has 0 saturated heterocycles. The topological polar surface area (TPSA) is 115 Å². The molecule has 5 rings (SSSR count). The molecule has 1 aliphatic heterocycles. The second-order valence-electron chi connectivity index (χ2n) is 7.85. The molecule has 1 aliphatic rings. The molecule has 0 radical (unpaired) electrons. The zero-order chi connectivity index (χ0) is 23.7. The molecule has 1 N–H and O–H groups in total. The monoisotopic (exact) mass is 458 g/mol. The number of aryl methyl sites for hydroxylation is 1. The van der Waals surface area contributed by atoms with Crippen molar-refractivity contribution >= 4 is 17.7 Å². The van der Waals surface area contributed by atoms with Crippen LogP contribution in [-0.4, -0.2) is 50.5 Å². The number of nitrogens with one attached hydrogen (secondary N) is 1. The summed E-state index contributed by atoms with van der Waals surface area (Å²) >= 11 is 0. The van der Waals surface area contributed by atoms with Gasteiger partial charge in [-0.1, -0.05) is 18.2 Å². The average molecular weight is 458 g/mol. The van der Waals surface area contributed by atoms with Gasteiger partial charge in [-0.25, -0.2) is 9.59 Å². The van der Waals surface area contributed by atoms with Crippen molar-refractivity contribution < 1.29 is 18.7 Å². The number of hydrogen-bond donors (Lipinski definition) is 1. The highest BCUT2D eigenvalue weighted by Gasteiger charge is 2.29. The lowest BCUT2D eigenvalue weighted by Gasteiger charge is -2.27. The number of methoxy groups -OCH3 is 1. The maximum atomic E-state index is 12.9. The Morgan fingerprint density at radius 1 is 1.03 bits per heavy atom. The molecule has 34 heavy (non-hydrogen) atoms. The summed E-state index contributed by atoms with van der Waals surface area (Å²) < 4.78 is 12.4. The third kappa shape index (κ3) is 4.01. The summed E-state index contributed by atoms with van der Waals surface area (Å²) in [6, 6.07) is 15.8. The van der Waals surface area contributed by atoms with Gasteiger partial charge < -0.3 is 19.4 Å². The van der Waals surface area contributed by atoms with E-state index in [2.05, 4.69) is 20.6 Å². The standard InChI is InChI=1S/C24H22N6O4/c1-29-19-12-13-30(24(32)25-17-10-8-16(9-11-17)23(31)33-2)14-18(19)20(28-29)22-27-26-21(34-22)15-6-4-3-5-7-15/h3-11H,12-14H2,1-2H3,(H,25,32). The number of esters is 1. The first kappa shape index (κ1) is 21.4. The van der Waals surface area contributed by atoms with Crippen molar-refractivity contribution in [2.75, 3.05) is 19.0 Å². The zero-order valence-electron chi connectivity index (χ0n) is 18.7. The van der Waals surface area contributed by atoms with Gasteiger partial charge in [0.05, 0.1) is 19.2 Å². The maximum absolute atomic E-state index is 12.9. The molecule has 172 valence electrons. The van der Waals surface area contributed by atoms with Crippen molar-refractivity contribution in [2.45, 2.75) is 13.0 Å². The van der Waals surface area contributed by atoms with Gasteiger partial charge >= 0.3 is 12.0 Å². The second-order valence-corrected chi connectivity index (χ2v) is 7.85. The Morgan fingerprint density at radius 3 is 2.50 bits per heavy atom. The van der Waals surface area contributed by atoms with Crippen molar-refractivity contribution in [1.29, 1.82) is 0 Å². The quantitative estimate of drug-likeness (QED) is 0.465. The fourth-order valence-electron chi connectivity index (χ4n) is 3.96. The van der Waals surface area contributed by atoms with Crippen LogP contribution in [0, 0.1) is 0 Å². The second kappa shape index (κ2) is 8.81. The number of amides is 2. The van der Waals surface area contributed by atoms with Crippen LogP contribution in [0.2, 0.25) is 0 Å². The first-order valence-electron chi connectivity index (χ1n) is 10.7. The highest BCUT2D eigenvalue weighted by Crippen LogP contribution is 2.31. The van der Waals surface area contributed by atoms with E-state index in [4.69, 9.17) is 9.15 Å². The van der Waals surface area contributed by atoms with Crippen LogP contribution < -0.4 is 5.32 Å². The predicted octanol–water partition coefficient (Wildman–Crippen LogP) is 3.51. The van der Waals surface area contributed by atoms with Crippen molar-refractivity contribution in [1.82, 2.24) is 24.9 Å². The largest absolute Gasteiger partial charge is 0.465 e. The van der Waals surface area contributed by atoms with Gasteiger partial charge in [0.15, 0.2) is 5.69 Å². The Kier molecular flexibility index (Phi) is 5.54. The van der Waals surface area contributed by atoms with Gasteiger partial charge in [0, 0.05) is 42.5 Å². The lowest BCUT2D eigenvalue weighted by molar-refractivity contribution is 0.0600. The summed E-state index contributed by atoms with van der Waals surface area (Å²) in [5.74, 6) is 0.300. The van der Waals surface area contributed by atoms with Gasteiger partial charge in [0.2, 0.25) is 5.89 Å². The number of aromatic nitrogens is 4. The molecular weight excluding hydrogens is 436 g/mol. The molecule has 0 unspecified atom stereocenters. The smallest absolute Gasteiger partial charge is 0.337 e. The van der Waals surface area contributed by atoms with E-state index in [0.29, 0.717) is 48.2 Å². The minimum absolute atomic E-state index is 0.248. The van der Waals surface area contributed by atoms with E-state index < -0.39 is 5.97 Å². The first-order valence-corrected chi connectivity index (χ1v) is 10.7. The number of rotatable bonds is 4. The third-order valence-corrected chi connectivity index (χ3v) is 5.74. The van der Waals surface area contributed by atoms with Crippen LogP contribution >= 0.6 is 0 Å². The van der Waals surface area contributed by atoms with E-state index >= 15 is 0 Å². The number of nitrogens with zero attached hydrogens (tertiary/aromatic N) is 5. The number of urea groups is 1. The predicted molar refractivity (Wildman–Crippen MR) is 123 cm³/mol. The molecule has 0 fully saturated rings. The fraction of sp³-hybridized carbons (Fsp3) is 0.208. The Morgan fingerprint density at radius 2 is 1.76 bits per heavy atom. The fourth-order valence-corrected chi connectivity index (χ4v) is 3.96. The molecule has 4 aromatic rings. The SMILES string of the molecule is COC(=O)c1ccc(NC(=O)N2CCc3c(c(-c4nnc(-c5ccccc5)o4)nn3C)C2)cc1. The Hall–Kier alpha value is -4.47. The maximum Gasteiger partial charge on any atom is 0.337 e. The van der Waals surface area contributed by atoms with Gasteiger partial charge in [-0.05, 0) is 36.4 Å². The van der Waals surface area contributed by atoms with Crippen LogP contribution in [0.5, 0.6) is 0 Å². The average Bonchev–Trinajstić information content (AvgIpc) is 3.49. The Balaban J connectivity index is 1.34. The molecule has 10 heteroatoms. The van der Waals surface area contributed by atoms with Crippen molar-refractivity contribution in [3.63, 3.8) is 0 Å². The third-order valence-electron chi connectivity index (χ3n) is 5.74.